The van der Waals surface area contributed by atoms with E-state index in [9.17, 15) is 10.2 Å². The first-order valence-electron chi connectivity index (χ1n) is 16.7. The monoisotopic (exact) mass is 654 g/mol. The minimum absolute atomic E-state index is 0.145. The molecule has 0 bridgehead atoms. The lowest BCUT2D eigenvalue weighted by Crippen LogP contribution is -2.48. The molecule has 0 fully saturated rings. The van der Waals surface area contributed by atoms with Gasteiger partial charge in [0, 0.05) is 47.9 Å². The second-order valence-corrected chi connectivity index (χ2v) is 14.5. The molecule has 0 unspecified atom stereocenters. The van der Waals surface area contributed by atoms with Gasteiger partial charge < -0.3 is 38.1 Å². The largest absolute Gasteiger partial charge is 0.507 e. The molecule has 254 valence electrons. The van der Waals surface area contributed by atoms with Crippen LogP contribution in [0.15, 0.2) is 60.7 Å². The molecule has 4 aromatic carbocycles. The Balaban J connectivity index is 1.35. The van der Waals surface area contributed by atoms with Crippen LogP contribution < -0.4 is 18.9 Å². The molecule has 0 spiro atoms. The van der Waals surface area contributed by atoms with Gasteiger partial charge >= 0.3 is 0 Å². The molecule has 2 heterocycles. The zero-order valence-corrected chi connectivity index (χ0v) is 29.6. The third-order valence-electron chi connectivity index (χ3n) is 10.9. The van der Waals surface area contributed by atoms with Gasteiger partial charge in [-0.25, -0.2) is 0 Å². The summed E-state index contributed by atoms with van der Waals surface area (Å²) in [5, 5.41) is 22.3. The molecule has 2 aliphatic rings. The SMILES string of the molecule is COc1cc2c(cc1OC)[C@@H](Cc1ccc(O)c(-c3cc(C[C@H]4c5cc(OC)c(OC)cc5CC[N+]4(C)C)ccc3O)c1)[N+](C)(C)CC2. The average molecular weight is 655 g/mol. The van der Waals surface area contributed by atoms with E-state index in [0.717, 1.165) is 81.9 Å². The van der Waals surface area contributed by atoms with Gasteiger partial charge in [-0.1, -0.05) is 12.1 Å². The van der Waals surface area contributed by atoms with E-state index >= 15 is 0 Å². The van der Waals surface area contributed by atoms with Gasteiger partial charge in [0.05, 0.1) is 69.7 Å². The van der Waals surface area contributed by atoms with E-state index in [-0.39, 0.29) is 23.6 Å². The summed E-state index contributed by atoms with van der Waals surface area (Å²) in [5.41, 5.74) is 8.51. The highest BCUT2D eigenvalue weighted by Crippen LogP contribution is 2.45. The Bertz CT molecular complexity index is 1700. The Morgan fingerprint density at radius 1 is 0.542 bits per heavy atom. The van der Waals surface area contributed by atoms with Crippen LogP contribution in [0.2, 0.25) is 0 Å². The van der Waals surface area contributed by atoms with Gasteiger partial charge in [0.1, 0.15) is 23.6 Å². The predicted molar refractivity (Wildman–Crippen MR) is 189 cm³/mol. The summed E-state index contributed by atoms with van der Waals surface area (Å²) in [6.45, 7) is 2.00. The van der Waals surface area contributed by atoms with Crippen LogP contribution in [0.25, 0.3) is 11.1 Å². The van der Waals surface area contributed by atoms with Crippen molar-refractivity contribution in [1.82, 2.24) is 0 Å². The molecule has 6 rings (SSSR count). The molecule has 0 amide bonds. The Hall–Kier alpha value is -4.40. The Labute approximate surface area is 284 Å². The third-order valence-corrected chi connectivity index (χ3v) is 10.9. The van der Waals surface area contributed by atoms with Crippen LogP contribution in [0.4, 0.5) is 0 Å². The highest BCUT2D eigenvalue weighted by atomic mass is 16.5. The summed E-state index contributed by atoms with van der Waals surface area (Å²) in [6, 6.07) is 20.4. The van der Waals surface area contributed by atoms with E-state index in [1.165, 1.54) is 22.3 Å². The highest BCUT2D eigenvalue weighted by molar-refractivity contribution is 5.76. The number of nitrogens with zero attached hydrogens (tertiary/aromatic N) is 2. The number of benzene rings is 4. The fourth-order valence-electron chi connectivity index (χ4n) is 7.82. The molecule has 2 aliphatic heterocycles. The Morgan fingerprint density at radius 3 is 1.25 bits per heavy atom. The molecule has 0 aromatic heterocycles. The van der Waals surface area contributed by atoms with Gasteiger partial charge in [0.2, 0.25) is 0 Å². The average Bonchev–Trinajstić information content (AvgIpc) is 3.07. The number of aromatic hydroxyl groups is 2. The van der Waals surface area contributed by atoms with Crippen molar-refractivity contribution in [2.24, 2.45) is 0 Å². The quantitative estimate of drug-likeness (QED) is 0.197. The summed E-state index contributed by atoms with van der Waals surface area (Å²) in [7, 11) is 15.8. The van der Waals surface area contributed by atoms with Crippen molar-refractivity contribution in [3.05, 3.63) is 94.0 Å². The van der Waals surface area contributed by atoms with Crippen molar-refractivity contribution >= 4 is 0 Å². The van der Waals surface area contributed by atoms with E-state index in [0.29, 0.717) is 11.1 Å². The van der Waals surface area contributed by atoms with Crippen molar-refractivity contribution in [2.75, 3.05) is 69.7 Å². The molecule has 8 heteroatoms. The van der Waals surface area contributed by atoms with Crippen LogP contribution in [0.3, 0.4) is 0 Å². The van der Waals surface area contributed by atoms with Gasteiger partial charge in [-0.05, 0) is 70.8 Å². The number of hydrogen-bond acceptors (Lipinski definition) is 6. The van der Waals surface area contributed by atoms with Crippen molar-refractivity contribution in [1.29, 1.82) is 0 Å². The van der Waals surface area contributed by atoms with Crippen molar-refractivity contribution in [3.63, 3.8) is 0 Å². The van der Waals surface area contributed by atoms with Crippen LogP contribution in [0, 0.1) is 0 Å². The van der Waals surface area contributed by atoms with Crippen LogP contribution in [-0.2, 0) is 25.7 Å². The summed E-state index contributed by atoms with van der Waals surface area (Å²) in [5.74, 6) is 3.26. The maximum absolute atomic E-state index is 11.2. The predicted octanol–water partition coefficient (Wildman–Crippen LogP) is 6.63. The first-order chi connectivity index (χ1) is 22.9. The van der Waals surface area contributed by atoms with E-state index in [1.54, 1.807) is 40.6 Å². The maximum Gasteiger partial charge on any atom is 0.161 e. The second-order valence-electron chi connectivity index (χ2n) is 14.5. The van der Waals surface area contributed by atoms with Crippen molar-refractivity contribution < 1.29 is 38.1 Å². The zero-order chi connectivity index (χ0) is 34.4. The van der Waals surface area contributed by atoms with Crippen LogP contribution >= 0.6 is 0 Å². The van der Waals surface area contributed by atoms with Gasteiger partial charge in [0.25, 0.3) is 0 Å². The standard InChI is InChI=1S/C40H48N2O6/c1-41(2)15-13-27-21-37(45-5)39(47-7)23-29(27)33(41)19-25-9-11-35(43)31(17-25)32-18-26(10-12-36(32)44)20-34-30-24-40(48-8)38(46-6)22-28(30)14-16-42(34,3)4/h9-12,17-18,21-24,33-34H,13-16,19-20H2,1-8H3/p+2/t33-,34+. The van der Waals surface area contributed by atoms with Crippen LogP contribution in [-0.4, -0.2) is 88.9 Å². The number of ether oxygens (including phenoxy) is 4. The fraction of sp³-hybridized carbons (Fsp3) is 0.400. The summed E-state index contributed by atoms with van der Waals surface area (Å²) in [4.78, 5) is 0. The number of quaternary nitrogens is 2. The van der Waals surface area contributed by atoms with Gasteiger partial charge in [-0.3, -0.25) is 0 Å². The first-order valence-corrected chi connectivity index (χ1v) is 16.7. The van der Waals surface area contributed by atoms with Gasteiger partial charge in [0.15, 0.2) is 23.0 Å². The second kappa shape index (κ2) is 12.9. The smallest absolute Gasteiger partial charge is 0.161 e. The molecule has 2 N–H and O–H groups in total. The lowest BCUT2D eigenvalue weighted by atomic mass is 9.85. The topological polar surface area (TPSA) is 77.4 Å². The lowest BCUT2D eigenvalue weighted by Gasteiger charge is -2.43. The van der Waals surface area contributed by atoms with Crippen molar-refractivity contribution in [2.45, 2.75) is 37.8 Å². The third kappa shape index (κ3) is 6.15. The molecule has 0 radical (unpaired) electrons. The number of phenolic OH excluding ortho intramolecular Hbond substituents is 2. The molecule has 48 heavy (non-hydrogen) atoms. The van der Waals surface area contributed by atoms with Crippen LogP contribution in [0.5, 0.6) is 34.5 Å². The van der Waals surface area contributed by atoms with E-state index in [2.05, 4.69) is 52.5 Å². The minimum Gasteiger partial charge on any atom is -0.507 e. The summed E-state index contributed by atoms with van der Waals surface area (Å²) >= 11 is 0. The molecule has 0 saturated heterocycles. The summed E-state index contributed by atoms with van der Waals surface area (Å²) in [6.07, 6.45) is 3.45. The van der Waals surface area contributed by atoms with E-state index in [1.807, 2.05) is 24.3 Å². The number of phenols is 2. The summed E-state index contributed by atoms with van der Waals surface area (Å²) < 4.78 is 24.2. The molecule has 0 aliphatic carbocycles. The number of likely N-dealkylation sites (N-methyl/N-ethyl adjacent to an activating group) is 2. The minimum atomic E-state index is 0.145. The lowest BCUT2D eigenvalue weighted by molar-refractivity contribution is -0.923. The highest BCUT2D eigenvalue weighted by Gasteiger charge is 2.38. The van der Waals surface area contributed by atoms with Gasteiger partial charge in [-0.2, -0.15) is 0 Å². The van der Waals surface area contributed by atoms with E-state index in [4.69, 9.17) is 18.9 Å². The molecule has 0 saturated carbocycles. The van der Waals surface area contributed by atoms with Crippen molar-refractivity contribution in [3.8, 4) is 45.6 Å². The number of methoxy groups -OCH3 is 4. The normalized spacial score (nSPS) is 19.2. The molecule has 8 nitrogen and oxygen atoms in total. The molecule has 4 aromatic rings. The fourth-order valence-corrected chi connectivity index (χ4v) is 7.82. The maximum atomic E-state index is 11.2. The van der Waals surface area contributed by atoms with Gasteiger partial charge in [-0.15, -0.1) is 0 Å². The molecular weight excluding hydrogens is 604 g/mol. The van der Waals surface area contributed by atoms with E-state index < -0.39 is 0 Å². The zero-order valence-electron chi connectivity index (χ0n) is 29.6. The Morgan fingerprint density at radius 2 is 0.896 bits per heavy atom. The number of fused-ring (bicyclic) bond motifs is 2. The number of hydrogen-bond donors (Lipinski definition) is 2. The molecular formula is C40H50N2O6+2. The molecule has 2 atom stereocenters. The first kappa shape index (κ1) is 33.5. The number of rotatable bonds is 9. The Kier molecular flexibility index (Phi) is 9.00. The van der Waals surface area contributed by atoms with Crippen LogP contribution in [0.1, 0.15) is 45.5 Å².